The van der Waals surface area contributed by atoms with Crippen molar-refractivity contribution >= 4 is 47.4 Å². The van der Waals surface area contributed by atoms with E-state index in [4.69, 9.17) is 4.99 Å². The third-order valence-electron chi connectivity index (χ3n) is 5.65. The number of rotatable bonds is 7. The fourth-order valence-electron chi connectivity index (χ4n) is 3.64. The van der Waals surface area contributed by atoms with Gasteiger partial charge in [-0.3, -0.25) is 0 Å². The molecule has 1 saturated heterocycles. The van der Waals surface area contributed by atoms with Gasteiger partial charge in [-0.2, -0.15) is 11.8 Å². The summed E-state index contributed by atoms with van der Waals surface area (Å²) in [6.07, 6.45) is 3.28. The van der Waals surface area contributed by atoms with E-state index in [1.807, 2.05) is 30.3 Å². The first kappa shape index (κ1) is 25.8. The molecule has 172 valence electrons. The van der Waals surface area contributed by atoms with Crippen LogP contribution in [0.4, 0.5) is 5.69 Å². The van der Waals surface area contributed by atoms with Crippen LogP contribution >= 0.6 is 35.7 Å². The summed E-state index contributed by atoms with van der Waals surface area (Å²) in [7, 11) is 1.99. The van der Waals surface area contributed by atoms with Gasteiger partial charge in [-0.05, 0) is 56.4 Å². The lowest BCUT2D eigenvalue weighted by atomic mass is 10.1. The van der Waals surface area contributed by atoms with Crippen molar-refractivity contribution in [3.05, 3.63) is 41.0 Å². The zero-order valence-electron chi connectivity index (χ0n) is 19.4. The number of nitrogens with one attached hydrogen (secondary N) is 1. The molecule has 0 spiro atoms. The molecule has 0 saturated carbocycles. The standard InChI is InChI=1S/C22H35N7S.HI/c1-17-7-8-18(2)20(15-17)28-10-12-29(13-11-28)22(23-9-6-14-30-5)24-16-21-26-25-19(3)27(21)4;/h7-8,15H,6,9-14,16H2,1-5H3,(H,23,24);1H. The number of guanidine groups is 1. The average molecular weight is 558 g/mol. The van der Waals surface area contributed by atoms with Crippen LogP contribution in [0.5, 0.6) is 0 Å². The van der Waals surface area contributed by atoms with Gasteiger partial charge in [-0.15, -0.1) is 34.2 Å². The van der Waals surface area contributed by atoms with Crippen molar-refractivity contribution in [2.45, 2.75) is 33.7 Å². The highest BCUT2D eigenvalue weighted by Gasteiger charge is 2.21. The number of aromatic nitrogens is 3. The molecule has 0 unspecified atom stereocenters. The van der Waals surface area contributed by atoms with Crippen molar-refractivity contribution in [1.82, 2.24) is 25.0 Å². The van der Waals surface area contributed by atoms with Gasteiger partial charge < -0.3 is 19.7 Å². The van der Waals surface area contributed by atoms with Gasteiger partial charge in [0.05, 0.1) is 0 Å². The SMILES string of the molecule is CSCCCNC(=NCc1nnc(C)n1C)N1CCN(c2cc(C)ccc2C)CC1.I. The van der Waals surface area contributed by atoms with E-state index in [2.05, 4.69) is 63.6 Å². The third-order valence-corrected chi connectivity index (χ3v) is 6.34. The van der Waals surface area contributed by atoms with Crippen LogP contribution in [-0.4, -0.2) is 70.4 Å². The number of piperazine rings is 1. The Morgan fingerprint density at radius 1 is 1.13 bits per heavy atom. The van der Waals surface area contributed by atoms with Crippen LogP contribution in [-0.2, 0) is 13.6 Å². The van der Waals surface area contributed by atoms with E-state index in [0.717, 1.165) is 62.5 Å². The average Bonchev–Trinajstić information content (AvgIpc) is 3.07. The predicted octanol–water partition coefficient (Wildman–Crippen LogP) is 3.38. The van der Waals surface area contributed by atoms with Gasteiger partial charge in [0.25, 0.3) is 0 Å². The molecule has 9 heteroatoms. The second-order valence-electron chi connectivity index (χ2n) is 7.90. The summed E-state index contributed by atoms with van der Waals surface area (Å²) in [5.41, 5.74) is 4.01. The lowest BCUT2D eigenvalue weighted by Gasteiger charge is -2.38. The molecule has 2 aromatic rings. The van der Waals surface area contributed by atoms with Crippen molar-refractivity contribution < 1.29 is 0 Å². The Balaban J connectivity index is 0.00000341. The zero-order chi connectivity index (χ0) is 21.5. The molecule has 31 heavy (non-hydrogen) atoms. The summed E-state index contributed by atoms with van der Waals surface area (Å²) < 4.78 is 2.01. The van der Waals surface area contributed by atoms with Crippen molar-refractivity contribution in [3.63, 3.8) is 0 Å². The maximum atomic E-state index is 4.90. The summed E-state index contributed by atoms with van der Waals surface area (Å²) in [5.74, 6) is 3.95. The highest BCUT2D eigenvalue weighted by molar-refractivity contribution is 14.0. The summed E-state index contributed by atoms with van der Waals surface area (Å²) in [6, 6.07) is 6.71. The fourth-order valence-corrected chi connectivity index (χ4v) is 4.07. The largest absolute Gasteiger partial charge is 0.368 e. The topological polar surface area (TPSA) is 61.6 Å². The molecule has 1 aliphatic rings. The van der Waals surface area contributed by atoms with Crippen molar-refractivity contribution in [2.75, 3.05) is 49.6 Å². The molecule has 3 rings (SSSR count). The van der Waals surface area contributed by atoms with Crippen LogP contribution < -0.4 is 10.2 Å². The molecule has 1 aromatic carbocycles. The number of thioether (sulfide) groups is 1. The first-order valence-corrected chi connectivity index (χ1v) is 12.1. The molecule has 7 nitrogen and oxygen atoms in total. The molecule has 0 radical (unpaired) electrons. The Morgan fingerprint density at radius 2 is 1.87 bits per heavy atom. The second kappa shape index (κ2) is 12.5. The van der Waals surface area contributed by atoms with E-state index < -0.39 is 0 Å². The summed E-state index contributed by atoms with van der Waals surface area (Å²) in [5, 5.41) is 12.0. The van der Waals surface area contributed by atoms with Gasteiger partial charge in [0.1, 0.15) is 12.4 Å². The van der Waals surface area contributed by atoms with Gasteiger partial charge in [0.15, 0.2) is 11.8 Å². The van der Waals surface area contributed by atoms with Crippen LogP contribution in [0.25, 0.3) is 0 Å². The number of benzene rings is 1. The minimum absolute atomic E-state index is 0. The summed E-state index contributed by atoms with van der Waals surface area (Å²) in [6.45, 7) is 11.7. The molecule has 0 amide bonds. The normalized spacial score (nSPS) is 14.5. The lowest BCUT2D eigenvalue weighted by Crippen LogP contribution is -2.53. The highest BCUT2D eigenvalue weighted by atomic mass is 127. The fraction of sp³-hybridized carbons (Fsp3) is 0.591. The Kier molecular flexibility index (Phi) is 10.4. The molecular formula is C22H36IN7S. The van der Waals surface area contributed by atoms with E-state index in [1.165, 1.54) is 16.8 Å². The molecule has 1 aromatic heterocycles. The number of anilines is 1. The third kappa shape index (κ3) is 7.00. The molecular weight excluding hydrogens is 521 g/mol. The number of aliphatic imine (C=N–C) groups is 1. The molecule has 1 fully saturated rings. The van der Waals surface area contributed by atoms with Crippen LogP contribution in [0.2, 0.25) is 0 Å². The zero-order valence-corrected chi connectivity index (χ0v) is 22.5. The number of halogens is 1. The first-order chi connectivity index (χ1) is 14.5. The number of aryl methyl sites for hydroxylation is 3. The van der Waals surface area contributed by atoms with E-state index in [0.29, 0.717) is 6.54 Å². The number of hydrogen-bond donors (Lipinski definition) is 1. The van der Waals surface area contributed by atoms with E-state index in [9.17, 15) is 0 Å². The highest BCUT2D eigenvalue weighted by Crippen LogP contribution is 2.23. The molecule has 0 atom stereocenters. The molecule has 0 aliphatic carbocycles. The predicted molar refractivity (Wildman–Crippen MR) is 143 cm³/mol. The van der Waals surface area contributed by atoms with Crippen molar-refractivity contribution in [2.24, 2.45) is 12.0 Å². The minimum Gasteiger partial charge on any atom is -0.368 e. The van der Waals surface area contributed by atoms with Gasteiger partial charge >= 0.3 is 0 Å². The van der Waals surface area contributed by atoms with Crippen LogP contribution in [0.15, 0.2) is 23.2 Å². The van der Waals surface area contributed by atoms with Gasteiger partial charge in [0.2, 0.25) is 0 Å². The quantitative estimate of drug-likeness (QED) is 0.244. The molecule has 1 N–H and O–H groups in total. The van der Waals surface area contributed by atoms with Crippen LogP contribution in [0.1, 0.15) is 29.2 Å². The summed E-state index contributed by atoms with van der Waals surface area (Å²) >= 11 is 1.88. The summed E-state index contributed by atoms with van der Waals surface area (Å²) in [4.78, 5) is 9.78. The maximum Gasteiger partial charge on any atom is 0.194 e. The van der Waals surface area contributed by atoms with E-state index in [-0.39, 0.29) is 24.0 Å². The second-order valence-corrected chi connectivity index (χ2v) is 8.89. The Labute approximate surface area is 208 Å². The maximum absolute atomic E-state index is 4.90. The minimum atomic E-state index is 0. The Morgan fingerprint density at radius 3 is 2.52 bits per heavy atom. The lowest BCUT2D eigenvalue weighted by molar-refractivity contribution is 0.371. The van der Waals surface area contributed by atoms with Crippen molar-refractivity contribution in [3.8, 4) is 0 Å². The molecule has 2 heterocycles. The van der Waals surface area contributed by atoms with Gasteiger partial charge in [-0.1, -0.05) is 12.1 Å². The Hall–Kier alpha value is -1.49. The van der Waals surface area contributed by atoms with E-state index >= 15 is 0 Å². The van der Waals surface area contributed by atoms with Gasteiger partial charge in [-0.25, -0.2) is 4.99 Å². The van der Waals surface area contributed by atoms with Crippen LogP contribution in [0.3, 0.4) is 0 Å². The van der Waals surface area contributed by atoms with Crippen LogP contribution in [0, 0.1) is 20.8 Å². The number of nitrogens with zero attached hydrogens (tertiary/aromatic N) is 6. The number of hydrogen-bond acceptors (Lipinski definition) is 5. The molecule has 1 aliphatic heterocycles. The van der Waals surface area contributed by atoms with Crippen molar-refractivity contribution in [1.29, 1.82) is 0 Å². The van der Waals surface area contributed by atoms with E-state index in [1.54, 1.807) is 0 Å². The molecule has 0 bridgehead atoms. The first-order valence-electron chi connectivity index (χ1n) is 10.7. The van der Waals surface area contributed by atoms with Gasteiger partial charge in [0, 0.05) is 45.5 Å². The smallest absolute Gasteiger partial charge is 0.194 e. The Bertz CT molecular complexity index is 860. The monoisotopic (exact) mass is 557 g/mol.